The van der Waals surface area contributed by atoms with Gasteiger partial charge in [0.05, 0.1) is 4.90 Å². The topological polar surface area (TPSA) is 66.9 Å². The third-order valence-electron chi connectivity index (χ3n) is 4.50. The normalized spacial score (nSPS) is 18.4. The van der Waals surface area contributed by atoms with E-state index in [1.165, 1.54) is 4.31 Å². The molecule has 1 heterocycles. The van der Waals surface area contributed by atoms with Gasteiger partial charge < -0.3 is 9.64 Å². The average molecular weight is 429 g/mol. The van der Waals surface area contributed by atoms with E-state index in [2.05, 4.69) is 0 Å². The summed E-state index contributed by atoms with van der Waals surface area (Å²) in [6.45, 7) is 11.6. The van der Waals surface area contributed by atoms with E-state index in [1.807, 2.05) is 46.8 Å². The molecule has 0 aliphatic carbocycles. The molecular formula is C20H32N2O4S2. The summed E-state index contributed by atoms with van der Waals surface area (Å²) >= 11 is 1.69. The van der Waals surface area contributed by atoms with Gasteiger partial charge in [-0.15, -0.1) is 11.8 Å². The number of carbonyl (C=O) groups is 1. The minimum atomic E-state index is -3.43. The van der Waals surface area contributed by atoms with Crippen LogP contribution in [0.3, 0.4) is 0 Å². The molecule has 2 rings (SSSR count). The van der Waals surface area contributed by atoms with Crippen molar-refractivity contribution in [3.8, 4) is 0 Å². The Kier molecular flexibility index (Phi) is 7.81. The van der Waals surface area contributed by atoms with Gasteiger partial charge in [-0.25, -0.2) is 13.2 Å². The van der Waals surface area contributed by atoms with Gasteiger partial charge in [0.2, 0.25) is 10.0 Å². The molecule has 0 radical (unpaired) electrons. The zero-order chi connectivity index (χ0) is 20.9. The van der Waals surface area contributed by atoms with Crippen LogP contribution in [0.15, 0.2) is 34.1 Å². The van der Waals surface area contributed by atoms with Crippen LogP contribution in [0.2, 0.25) is 0 Å². The third kappa shape index (κ3) is 6.12. The monoisotopic (exact) mass is 428 g/mol. The van der Waals surface area contributed by atoms with Crippen LogP contribution in [0.1, 0.15) is 47.5 Å². The van der Waals surface area contributed by atoms with Crippen LogP contribution < -0.4 is 0 Å². The number of piperidine rings is 1. The fraction of sp³-hybridized carbons (Fsp3) is 0.650. The second-order valence-corrected chi connectivity index (χ2v) is 11.2. The van der Waals surface area contributed by atoms with Crippen molar-refractivity contribution in [2.75, 3.05) is 26.2 Å². The summed E-state index contributed by atoms with van der Waals surface area (Å²) in [6, 6.07) is 7.05. The van der Waals surface area contributed by atoms with Crippen LogP contribution in [0.5, 0.6) is 0 Å². The van der Waals surface area contributed by atoms with Gasteiger partial charge in [-0.05, 0) is 57.9 Å². The van der Waals surface area contributed by atoms with Crippen LogP contribution in [0.25, 0.3) is 0 Å². The van der Waals surface area contributed by atoms with Crippen molar-refractivity contribution >= 4 is 27.9 Å². The van der Waals surface area contributed by atoms with Crippen LogP contribution in [-0.2, 0) is 14.8 Å². The lowest BCUT2D eigenvalue weighted by atomic mass is 10.1. The summed E-state index contributed by atoms with van der Waals surface area (Å²) in [5.74, 6) is 0. The highest BCUT2D eigenvalue weighted by Crippen LogP contribution is 2.31. The predicted molar refractivity (Wildman–Crippen MR) is 113 cm³/mol. The number of thioether (sulfide) groups is 1. The molecule has 1 fully saturated rings. The maximum absolute atomic E-state index is 12.6. The van der Waals surface area contributed by atoms with E-state index in [4.69, 9.17) is 4.74 Å². The lowest BCUT2D eigenvalue weighted by Crippen LogP contribution is -2.43. The highest BCUT2D eigenvalue weighted by atomic mass is 32.2. The molecule has 1 aromatic rings. The second-order valence-electron chi connectivity index (χ2n) is 7.87. The van der Waals surface area contributed by atoms with Gasteiger partial charge in [0.15, 0.2) is 0 Å². The SMILES string of the molecule is CCN(CC)S(=O)(=O)c1ccc(S[C@H]2CCCN(C(=O)OC(C)(C)C)C2)cc1. The second kappa shape index (κ2) is 9.50. The fourth-order valence-electron chi connectivity index (χ4n) is 3.12. The summed E-state index contributed by atoms with van der Waals surface area (Å²) in [7, 11) is -3.43. The van der Waals surface area contributed by atoms with Crippen LogP contribution >= 0.6 is 11.8 Å². The number of hydrogen-bond donors (Lipinski definition) is 0. The zero-order valence-electron chi connectivity index (χ0n) is 17.5. The van der Waals surface area contributed by atoms with Gasteiger partial charge in [-0.1, -0.05) is 13.8 Å². The molecule has 0 unspecified atom stereocenters. The van der Waals surface area contributed by atoms with Crippen molar-refractivity contribution in [3.63, 3.8) is 0 Å². The van der Waals surface area contributed by atoms with Gasteiger partial charge in [-0.2, -0.15) is 4.31 Å². The Morgan fingerprint density at radius 1 is 1.21 bits per heavy atom. The summed E-state index contributed by atoms with van der Waals surface area (Å²) in [4.78, 5) is 15.4. The van der Waals surface area contributed by atoms with Crippen molar-refractivity contribution in [2.24, 2.45) is 0 Å². The average Bonchev–Trinajstić information content (AvgIpc) is 2.62. The number of amides is 1. The molecule has 8 heteroatoms. The molecule has 1 aromatic carbocycles. The summed E-state index contributed by atoms with van der Waals surface area (Å²) in [5, 5.41) is 0.270. The molecule has 0 spiro atoms. The Balaban J connectivity index is 2.01. The summed E-state index contributed by atoms with van der Waals surface area (Å²) in [6.07, 6.45) is 1.69. The molecule has 0 bridgehead atoms. The van der Waals surface area contributed by atoms with E-state index in [0.717, 1.165) is 17.7 Å². The maximum Gasteiger partial charge on any atom is 0.410 e. The Bertz CT molecular complexity index is 753. The predicted octanol–water partition coefficient (Wildman–Crippen LogP) is 4.21. The molecule has 158 valence electrons. The summed E-state index contributed by atoms with van der Waals surface area (Å²) in [5.41, 5.74) is -0.497. The number of benzene rings is 1. The molecule has 0 N–H and O–H groups in total. The third-order valence-corrected chi connectivity index (χ3v) is 7.83. The molecular weight excluding hydrogens is 396 g/mol. The molecule has 28 heavy (non-hydrogen) atoms. The van der Waals surface area contributed by atoms with Gasteiger partial charge in [0.25, 0.3) is 0 Å². The lowest BCUT2D eigenvalue weighted by molar-refractivity contribution is 0.0220. The number of carbonyl (C=O) groups excluding carboxylic acids is 1. The Morgan fingerprint density at radius 3 is 2.36 bits per heavy atom. The molecule has 1 amide bonds. The van der Waals surface area contributed by atoms with Crippen molar-refractivity contribution in [1.82, 2.24) is 9.21 Å². The minimum Gasteiger partial charge on any atom is -0.444 e. The van der Waals surface area contributed by atoms with E-state index < -0.39 is 15.6 Å². The van der Waals surface area contributed by atoms with Gasteiger partial charge in [0.1, 0.15) is 5.60 Å². The number of nitrogens with zero attached hydrogens (tertiary/aromatic N) is 2. The smallest absolute Gasteiger partial charge is 0.410 e. The largest absolute Gasteiger partial charge is 0.444 e. The van der Waals surface area contributed by atoms with E-state index in [9.17, 15) is 13.2 Å². The van der Waals surface area contributed by atoms with E-state index in [-0.39, 0.29) is 11.3 Å². The van der Waals surface area contributed by atoms with E-state index in [0.29, 0.717) is 31.1 Å². The minimum absolute atomic E-state index is 0.265. The van der Waals surface area contributed by atoms with Crippen molar-refractivity contribution in [3.05, 3.63) is 24.3 Å². The zero-order valence-corrected chi connectivity index (χ0v) is 19.1. The molecule has 1 atom stereocenters. The van der Waals surface area contributed by atoms with Gasteiger partial charge in [-0.3, -0.25) is 0 Å². The number of sulfonamides is 1. The van der Waals surface area contributed by atoms with Gasteiger partial charge in [0, 0.05) is 36.3 Å². The van der Waals surface area contributed by atoms with E-state index >= 15 is 0 Å². The Labute approximate surface area is 173 Å². The van der Waals surface area contributed by atoms with Crippen LogP contribution in [0, 0.1) is 0 Å². The highest BCUT2D eigenvalue weighted by Gasteiger charge is 2.28. The Hall–Kier alpha value is -1.25. The summed E-state index contributed by atoms with van der Waals surface area (Å²) < 4.78 is 32.1. The standard InChI is InChI=1S/C20H32N2O4S2/c1-6-22(7-2)28(24,25)18-12-10-16(11-13-18)27-17-9-8-14-21(15-17)19(23)26-20(3,4)5/h10-13,17H,6-9,14-15H2,1-5H3/t17-/m0/s1. The number of likely N-dealkylation sites (tertiary alicyclic amines) is 1. The Morgan fingerprint density at radius 2 is 1.82 bits per heavy atom. The molecule has 1 aliphatic heterocycles. The first-order chi connectivity index (χ1) is 13.1. The lowest BCUT2D eigenvalue weighted by Gasteiger charge is -2.33. The first-order valence-electron chi connectivity index (χ1n) is 9.81. The maximum atomic E-state index is 12.6. The number of ether oxygens (including phenoxy) is 1. The molecule has 6 nitrogen and oxygen atoms in total. The number of hydrogen-bond acceptors (Lipinski definition) is 5. The van der Waals surface area contributed by atoms with Crippen LogP contribution in [0.4, 0.5) is 4.79 Å². The molecule has 1 saturated heterocycles. The van der Waals surface area contributed by atoms with Crippen molar-refractivity contribution < 1.29 is 17.9 Å². The molecule has 0 aromatic heterocycles. The first-order valence-corrected chi connectivity index (χ1v) is 12.1. The van der Waals surface area contributed by atoms with Crippen molar-refractivity contribution in [1.29, 1.82) is 0 Å². The fourth-order valence-corrected chi connectivity index (χ4v) is 5.80. The molecule has 0 saturated carbocycles. The first kappa shape index (κ1) is 23.0. The van der Waals surface area contributed by atoms with Crippen LogP contribution in [-0.4, -0.2) is 60.7 Å². The van der Waals surface area contributed by atoms with Gasteiger partial charge >= 0.3 is 6.09 Å². The number of rotatable bonds is 6. The highest BCUT2D eigenvalue weighted by molar-refractivity contribution is 8.00. The van der Waals surface area contributed by atoms with Crippen molar-refractivity contribution in [2.45, 2.75) is 68.1 Å². The van der Waals surface area contributed by atoms with E-state index in [1.54, 1.807) is 28.8 Å². The molecule has 1 aliphatic rings. The quantitative estimate of drug-likeness (QED) is 0.679.